The summed E-state index contributed by atoms with van der Waals surface area (Å²) in [5, 5.41) is 4.93. The van der Waals surface area contributed by atoms with E-state index in [1.165, 1.54) is 19.1 Å². The first-order valence-corrected chi connectivity index (χ1v) is 11.3. The summed E-state index contributed by atoms with van der Waals surface area (Å²) in [4.78, 5) is 16.3. The minimum atomic E-state index is -4.55. The highest BCUT2D eigenvalue weighted by atomic mass is 32.2. The molecule has 0 saturated carbocycles. The molecule has 1 aromatic heterocycles. The Balaban J connectivity index is 1.70. The van der Waals surface area contributed by atoms with Crippen molar-refractivity contribution in [2.45, 2.75) is 19.1 Å². The van der Waals surface area contributed by atoms with Crippen LogP contribution in [-0.2, 0) is 16.2 Å². The molecular weight excluding hydrogens is 487 g/mol. The Morgan fingerprint density at radius 2 is 1.76 bits per heavy atom. The van der Waals surface area contributed by atoms with E-state index >= 15 is 0 Å². The van der Waals surface area contributed by atoms with Crippen LogP contribution in [0, 0.1) is 11.6 Å². The third-order valence-corrected chi connectivity index (χ3v) is 4.95. The second-order valence-corrected chi connectivity index (χ2v) is 8.92. The average Bonchev–Trinajstić information content (AvgIpc) is 3.18. The number of carbonyl (C=O) groups is 1. The molecular formula is C20H17F5N4O4S. The van der Waals surface area contributed by atoms with Crippen molar-refractivity contribution in [2.24, 2.45) is 0 Å². The van der Waals surface area contributed by atoms with Gasteiger partial charge in [0.25, 0.3) is 11.9 Å². The molecule has 1 atom stereocenters. The maximum absolute atomic E-state index is 14.2. The molecule has 2 aromatic carbocycles. The summed E-state index contributed by atoms with van der Waals surface area (Å²) in [6, 6.07) is 4.75. The Hall–Kier alpha value is -3.68. The zero-order valence-corrected chi connectivity index (χ0v) is 18.3. The van der Waals surface area contributed by atoms with Crippen LogP contribution in [0.2, 0.25) is 0 Å². The van der Waals surface area contributed by atoms with Gasteiger partial charge in [-0.15, -0.1) is 0 Å². The summed E-state index contributed by atoms with van der Waals surface area (Å²) in [5.41, 5.74) is -1.99. The molecule has 182 valence electrons. The summed E-state index contributed by atoms with van der Waals surface area (Å²) in [7, 11) is -3.92. The van der Waals surface area contributed by atoms with Gasteiger partial charge >= 0.3 is 6.18 Å². The molecule has 0 aliphatic rings. The van der Waals surface area contributed by atoms with Crippen molar-refractivity contribution in [2.75, 3.05) is 16.3 Å². The van der Waals surface area contributed by atoms with E-state index in [0.717, 1.165) is 36.8 Å². The highest BCUT2D eigenvalue weighted by molar-refractivity contribution is 7.92. The monoisotopic (exact) mass is 504 g/mol. The molecule has 3 aromatic rings. The summed E-state index contributed by atoms with van der Waals surface area (Å²) in [5.74, 6) is -3.17. The third kappa shape index (κ3) is 6.21. The number of carbonyl (C=O) groups excluding carboxylic acids is 1. The summed E-state index contributed by atoms with van der Waals surface area (Å²) in [6.45, 7) is 1.41. The van der Waals surface area contributed by atoms with Gasteiger partial charge in [-0.05, 0) is 42.8 Å². The zero-order chi connectivity index (χ0) is 25.3. The Bertz CT molecular complexity index is 1300. The van der Waals surface area contributed by atoms with Crippen molar-refractivity contribution in [1.82, 2.24) is 10.3 Å². The first-order chi connectivity index (χ1) is 15.7. The Morgan fingerprint density at radius 3 is 2.35 bits per heavy atom. The van der Waals surface area contributed by atoms with Crippen molar-refractivity contribution in [3.8, 4) is 0 Å². The molecule has 34 heavy (non-hydrogen) atoms. The minimum Gasteiger partial charge on any atom is -0.431 e. The van der Waals surface area contributed by atoms with Gasteiger partial charge in [-0.1, -0.05) is 6.07 Å². The van der Waals surface area contributed by atoms with E-state index in [1.54, 1.807) is 4.72 Å². The second kappa shape index (κ2) is 9.29. The van der Waals surface area contributed by atoms with Crippen LogP contribution in [0.25, 0.3) is 0 Å². The van der Waals surface area contributed by atoms with Crippen LogP contribution in [-0.4, -0.2) is 25.6 Å². The highest BCUT2D eigenvalue weighted by Gasteiger charge is 2.30. The molecule has 0 saturated heterocycles. The normalized spacial score (nSPS) is 12.8. The maximum atomic E-state index is 14.2. The quantitative estimate of drug-likeness (QED) is 0.406. The van der Waals surface area contributed by atoms with Crippen LogP contribution in [0.4, 0.5) is 39.3 Å². The predicted molar refractivity (Wildman–Crippen MR) is 112 cm³/mol. The molecule has 1 unspecified atom stereocenters. The molecule has 0 spiro atoms. The Morgan fingerprint density at radius 1 is 1.12 bits per heavy atom. The highest BCUT2D eigenvalue weighted by Crippen LogP contribution is 2.31. The Kier molecular flexibility index (Phi) is 6.82. The number of hydrogen-bond donors (Lipinski definition) is 3. The van der Waals surface area contributed by atoms with Gasteiger partial charge in [0, 0.05) is 5.69 Å². The molecule has 0 aliphatic carbocycles. The van der Waals surface area contributed by atoms with Crippen molar-refractivity contribution < 1.29 is 39.6 Å². The predicted octanol–water partition coefficient (Wildman–Crippen LogP) is 4.58. The molecule has 1 amide bonds. The lowest BCUT2D eigenvalue weighted by Crippen LogP contribution is -2.27. The molecule has 0 fully saturated rings. The lowest BCUT2D eigenvalue weighted by molar-refractivity contribution is -0.137. The van der Waals surface area contributed by atoms with E-state index in [9.17, 15) is 35.2 Å². The SMILES string of the molecule is CC(NC(=O)c1coc(Nc2cccc(C(F)(F)F)c2)n1)c1cc(F)c(NS(C)(=O)=O)c(F)c1. The fraction of sp³-hybridized carbons (Fsp3) is 0.200. The number of anilines is 3. The number of aromatic nitrogens is 1. The van der Waals surface area contributed by atoms with Crippen molar-refractivity contribution in [3.63, 3.8) is 0 Å². The van der Waals surface area contributed by atoms with Gasteiger partial charge in [0.2, 0.25) is 10.0 Å². The summed E-state index contributed by atoms with van der Waals surface area (Å²) < 4.78 is 96.1. The van der Waals surface area contributed by atoms with Crippen LogP contribution >= 0.6 is 0 Å². The van der Waals surface area contributed by atoms with E-state index in [2.05, 4.69) is 15.6 Å². The number of hydrogen-bond acceptors (Lipinski definition) is 6. The number of rotatable bonds is 7. The number of amides is 1. The van der Waals surface area contributed by atoms with Crippen LogP contribution in [0.3, 0.4) is 0 Å². The smallest absolute Gasteiger partial charge is 0.416 e. The minimum absolute atomic E-state index is 0.00629. The fourth-order valence-electron chi connectivity index (χ4n) is 2.81. The van der Waals surface area contributed by atoms with Crippen LogP contribution in [0.1, 0.15) is 34.6 Å². The second-order valence-electron chi connectivity index (χ2n) is 7.17. The van der Waals surface area contributed by atoms with E-state index < -0.39 is 51.0 Å². The maximum Gasteiger partial charge on any atom is 0.416 e. The van der Waals surface area contributed by atoms with Crippen LogP contribution < -0.4 is 15.4 Å². The molecule has 3 N–H and O–H groups in total. The molecule has 8 nitrogen and oxygen atoms in total. The fourth-order valence-corrected chi connectivity index (χ4v) is 3.38. The molecule has 0 radical (unpaired) electrons. The number of nitrogens with zero attached hydrogens (tertiary/aromatic N) is 1. The van der Waals surface area contributed by atoms with Crippen molar-refractivity contribution >= 4 is 33.3 Å². The number of alkyl halides is 3. The summed E-state index contributed by atoms with van der Waals surface area (Å²) >= 11 is 0. The van der Waals surface area contributed by atoms with E-state index in [0.29, 0.717) is 0 Å². The summed E-state index contributed by atoms with van der Waals surface area (Å²) in [6.07, 6.45) is -2.87. The van der Waals surface area contributed by atoms with Gasteiger partial charge in [0.1, 0.15) is 12.0 Å². The molecule has 14 heteroatoms. The van der Waals surface area contributed by atoms with Crippen LogP contribution in [0.5, 0.6) is 0 Å². The Labute approximate surface area is 190 Å². The molecule has 1 heterocycles. The number of oxazole rings is 1. The topological polar surface area (TPSA) is 113 Å². The lowest BCUT2D eigenvalue weighted by Gasteiger charge is -2.15. The van der Waals surface area contributed by atoms with Gasteiger partial charge in [-0.2, -0.15) is 18.2 Å². The first-order valence-electron chi connectivity index (χ1n) is 9.40. The van der Waals surface area contributed by atoms with Gasteiger partial charge in [-0.25, -0.2) is 17.2 Å². The largest absolute Gasteiger partial charge is 0.431 e. The van der Waals surface area contributed by atoms with Crippen molar-refractivity contribution in [3.05, 3.63) is 71.1 Å². The third-order valence-electron chi connectivity index (χ3n) is 4.38. The van der Waals surface area contributed by atoms with Crippen molar-refractivity contribution in [1.29, 1.82) is 0 Å². The average molecular weight is 504 g/mol. The van der Waals surface area contributed by atoms with E-state index in [-0.39, 0.29) is 23.0 Å². The van der Waals surface area contributed by atoms with Gasteiger partial charge < -0.3 is 15.1 Å². The molecule has 0 bridgehead atoms. The number of benzene rings is 2. The zero-order valence-electron chi connectivity index (χ0n) is 17.5. The first kappa shape index (κ1) is 25.0. The van der Waals surface area contributed by atoms with E-state index in [4.69, 9.17) is 4.42 Å². The molecule has 0 aliphatic heterocycles. The number of nitrogens with one attached hydrogen (secondary N) is 3. The number of sulfonamides is 1. The lowest BCUT2D eigenvalue weighted by atomic mass is 10.1. The van der Waals surface area contributed by atoms with Gasteiger partial charge in [0.15, 0.2) is 17.3 Å². The molecule has 3 rings (SSSR count). The standard InChI is InChI=1S/C20H17F5N4O4S/c1-10(11-6-14(21)17(15(22)7-11)29-34(2,31)32)26-18(30)16-9-33-19(28-16)27-13-5-3-4-12(8-13)20(23,24)25/h3-10,29H,1-2H3,(H,26,30)(H,27,28). The van der Waals surface area contributed by atoms with Crippen LogP contribution in [0.15, 0.2) is 47.1 Å². The van der Waals surface area contributed by atoms with Gasteiger partial charge in [-0.3, -0.25) is 9.52 Å². The van der Waals surface area contributed by atoms with Gasteiger partial charge in [0.05, 0.1) is 17.9 Å². The number of halogens is 5. The van der Waals surface area contributed by atoms with E-state index in [1.807, 2.05) is 0 Å².